The number of nitrogens with zero attached hydrogens (tertiary/aromatic N) is 2. The third-order valence-electron chi connectivity index (χ3n) is 4.72. The standard InChI is InChI=1S/C19H32N4O/c1-5-23-10-6-7-16(14-23)12-21-19(20-3)22-13-17-9-8-15(2)11-18(17)24-4/h8-9,11,16H,5-7,10,12-14H2,1-4H3,(H2,20,21,22). The van der Waals surface area contributed by atoms with Gasteiger partial charge in [0.2, 0.25) is 0 Å². The number of aliphatic imine (C=N–C) groups is 1. The van der Waals surface area contributed by atoms with E-state index in [-0.39, 0.29) is 0 Å². The number of ether oxygens (including phenoxy) is 1. The molecule has 1 aliphatic heterocycles. The third kappa shape index (κ3) is 5.41. The highest BCUT2D eigenvalue weighted by atomic mass is 16.5. The third-order valence-corrected chi connectivity index (χ3v) is 4.72. The molecule has 2 rings (SSSR count). The SMILES string of the molecule is CCN1CCCC(CNC(=NC)NCc2ccc(C)cc2OC)C1. The van der Waals surface area contributed by atoms with Crippen molar-refractivity contribution in [1.29, 1.82) is 0 Å². The van der Waals surface area contributed by atoms with Gasteiger partial charge in [-0.2, -0.15) is 0 Å². The summed E-state index contributed by atoms with van der Waals surface area (Å²) >= 11 is 0. The minimum Gasteiger partial charge on any atom is -0.496 e. The highest BCUT2D eigenvalue weighted by Crippen LogP contribution is 2.19. The number of guanidine groups is 1. The van der Waals surface area contributed by atoms with E-state index in [4.69, 9.17) is 4.74 Å². The van der Waals surface area contributed by atoms with E-state index in [0.717, 1.165) is 30.4 Å². The lowest BCUT2D eigenvalue weighted by Crippen LogP contribution is -2.44. The maximum absolute atomic E-state index is 5.47. The number of rotatable bonds is 6. The van der Waals surface area contributed by atoms with Crippen molar-refractivity contribution in [3.05, 3.63) is 29.3 Å². The van der Waals surface area contributed by atoms with Crippen molar-refractivity contribution in [2.24, 2.45) is 10.9 Å². The van der Waals surface area contributed by atoms with Crippen LogP contribution in [0.2, 0.25) is 0 Å². The van der Waals surface area contributed by atoms with Crippen LogP contribution in [0.15, 0.2) is 23.2 Å². The Morgan fingerprint density at radius 2 is 2.21 bits per heavy atom. The lowest BCUT2D eigenvalue weighted by atomic mass is 9.98. The molecular formula is C19H32N4O. The van der Waals surface area contributed by atoms with Crippen molar-refractivity contribution in [2.75, 3.05) is 40.3 Å². The van der Waals surface area contributed by atoms with Gasteiger partial charge < -0.3 is 20.3 Å². The quantitative estimate of drug-likeness (QED) is 0.620. The zero-order chi connectivity index (χ0) is 17.4. The average molecular weight is 332 g/mol. The minimum absolute atomic E-state index is 0.700. The minimum atomic E-state index is 0.700. The van der Waals surface area contributed by atoms with Crippen LogP contribution in [-0.2, 0) is 6.54 Å². The van der Waals surface area contributed by atoms with E-state index in [1.165, 1.54) is 31.5 Å². The Bertz CT molecular complexity index is 544. The smallest absolute Gasteiger partial charge is 0.191 e. The molecule has 1 saturated heterocycles. The van der Waals surface area contributed by atoms with Crippen LogP contribution in [0.1, 0.15) is 30.9 Å². The molecule has 0 amide bonds. The Morgan fingerprint density at radius 1 is 1.38 bits per heavy atom. The Balaban J connectivity index is 1.82. The molecule has 1 heterocycles. The van der Waals surface area contributed by atoms with Gasteiger partial charge in [-0.05, 0) is 50.4 Å². The summed E-state index contributed by atoms with van der Waals surface area (Å²) in [4.78, 5) is 6.87. The number of piperidine rings is 1. The predicted molar refractivity (Wildman–Crippen MR) is 101 cm³/mol. The maximum atomic E-state index is 5.47. The molecule has 1 aromatic carbocycles. The van der Waals surface area contributed by atoms with Gasteiger partial charge in [0, 0.05) is 32.2 Å². The van der Waals surface area contributed by atoms with Crippen molar-refractivity contribution < 1.29 is 4.74 Å². The van der Waals surface area contributed by atoms with Gasteiger partial charge in [-0.3, -0.25) is 4.99 Å². The maximum Gasteiger partial charge on any atom is 0.191 e. The molecule has 24 heavy (non-hydrogen) atoms. The van der Waals surface area contributed by atoms with Gasteiger partial charge in [-0.15, -0.1) is 0 Å². The molecule has 1 aromatic rings. The summed E-state index contributed by atoms with van der Waals surface area (Å²) in [5.74, 6) is 2.47. The Kier molecular flexibility index (Phi) is 7.37. The first-order valence-electron chi connectivity index (χ1n) is 8.96. The summed E-state index contributed by atoms with van der Waals surface area (Å²) in [5.41, 5.74) is 2.34. The lowest BCUT2D eigenvalue weighted by Gasteiger charge is -2.32. The monoisotopic (exact) mass is 332 g/mol. The van der Waals surface area contributed by atoms with Crippen molar-refractivity contribution >= 4 is 5.96 Å². The second-order valence-corrected chi connectivity index (χ2v) is 6.52. The molecule has 5 heteroatoms. The van der Waals surface area contributed by atoms with Crippen LogP contribution in [0.3, 0.4) is 0 Å². The van der Waals surface area contributed by atoms with Gasteiger partial charge in [-0.25, -0.2) is 0 Å². The molecule has 1 unspecified atom stereocenters. The number of hydrogen-bond donors (Lipinski definition) is 2. The van der Waals surface area contributed by atoms with Crippen LogP contribution < -0.4 is 15.4 Å². The van der Waals surface area contributed by atoms with E-state index >= 15 is 0 Å². The normalized spacial score (nSPS) is 19.2. The molecule has 1 fully saturated rings. The topological polar surface area (TPSA) is 48.9 Å². The molecule has 0 radical (unpaired) electrons. The summed E-state index contributed by atoms with van der Waals surface area (Å²) in [6.45, 7) is 9.57. The summed E-state index contributed by atoms with van der Waals surface area (Å²) in [7, 11) is 3.54. The van der Waals surface area contributed by atoms with E-state index < -0.39 is 0 Å². The molecular weight excluding hydrogens is 300 g/mol. The number of methoxy groups -OCH3 is 1. The van der Waals surface area contributed by atoms with Gasteiger partial charge in [0.1, 0.15) is 5.75 Å². The molecule has 0 saturated carbocycles. The van der Waals surface area contributed by atoms with Crippen LogP contribution in [-0.4, -0.2) is 51.2 Å². The van der Waals surface area contributed by atoms with E-state index in [2.05, 4.69) is 52.6 Å². The van der Waals surface area contributed by atoms with E-state index in [0.29, 0.717) is 12.5 Å². The second-order valence-electron chi connectivity index (χ2n) is 6.52. The summed E-state index contributed by atoms with van der Waals surface area (Å²) < 4.78 is 5.47. The molecule has 1 atom stereocenters. The van der Waals surface area contributed by atoms with E-state index in [1.807, 2.05) is 7.05 Å². The van der Waals surface area contributed by atoms with Gasteiger partial charge >= 0.3 is 0 Å². The van der Waals surface area contributed by atoms with Crippen molar-refractivity contribution in [1.82, 2.24) is 15.5 Å². The highest BCUT2D eigenvalue weighted by Gasteiger charge is 2.18. The highest BCUT2D eigenvalue weighted by molar-refractivity contribution is 5.79. The molecule has 0 aromatic heterocycles. The van der Waals surface area contributed by atoms with Crippen LogP contribution >= 0.6 is 0 Å². The summed E-state index contributed by atoms with van der Waals surface area (Å²) in [5, 5.41) is 6.86. The molecule has 5 nitrogen and oxygen atoms in total. The fourth-order valence-electron chi connectivity index (χ4n) is 3.24. The van der Waals surface area contributed by atoms with Crippen LogP contribution in [0.25, 0.3) is 0 Å². The van der Waals surface area contributed by atoms with Crippen LogP contribution in [0.5, 0.6) is 5.75 Å². The van der Waals surface area contributed by atoms with Gasteiger partial charge in [0.05, 0.1) is 7.11 Å². The molecule has 0 bridgehead atoms. The fourth-order valence-corrected chi connectivity index (χ4v) is 3.24. The predicted octanol–water partition coefficient (Wildman–Crippen LogP) is 2.40. The largest absolute Gasteiger partial charge is 0.496 e. The van der Waals surface area contributed by atoms with Gasteiger partial charge in [0.15, 0.2) is 5.96 Å². The second kappa shape index (κ2) is 9.52. The van der Waals surface area contributed by atoms with E-state index in [1.54, 1.807) is 7.11 Å². The lowest BCUT2D eigenvalue weighted by molar-refractivity contribution is 0.183. The Hall–Kier alpha value is -1.75. The zero-order valence-electron chi connectivity index (χ0n) is 15.6. The Labute approximate surface area is 146 Å². The number of benzene rings is 1. The molecule has 0 spiro atoms. The van der Waals surface area contributed by atoms with Crippen molar-refractivity contribution in [2.45, 2.75) is 33.2 Å². The van der Waals surface area contributed by atoms with Gasteiger partial charge in [-0.1, -0.05) is 19.1 Å². The van der Waals surface area contributed by atoms with Crippen LogP contribution in [0.4, 0.5) is 0 Å². The summed E-state index contributed by atoms with van der Waals surface area (Å²) in [6.07, 6.45) is 2.60. The van der Waals surface area contributed by atoms with E-state index in [9.17, 15) is 0 Å². The van der Waals surface area contributed by atoms with Crippen molar-refractivity contribution in [3.63, 3.8) is 0 Å². The molecule has 134 valence electrons. The first-order valence-corrected chi connectivity index (χ1v) is 8.96. The van der Waals surface area contributed by atoms with Crippen molar-refractivity contribution in [3.8, 4) is 5.75 Å². The molecule has 0 aliphatic carbocycles. The average Bonchev–Trinajstić information content (AvgIpc) is 2.62. The fraction of sp³-hybridized carbons (Fsp3) is 0.632. The van der Waals surface area contributed by atoms with Crippen LogP contribution in [0, 0.1) is 12.8 Å². The number of hydrogen-bond acceptors (Lipinski definition) is 3. The molecule has 2 N–H and O–H groups in total. The first kappa shape index (κ1) is 18.6. The van der Waals surface area contributed by atoms with Gasteiger partial charge in [0.25, 0.3) is 0 Å². The Morgan fingerprint density at radius 3 is 2.92 bits per heavy atom. The molecule has 1 aliphatic rings. The number of aryl methyl sites for hydroxylation is 1. The number of nitrogens with one attached hydrogen (secondary N) is 2. The number of likely N-dealkylation sites (tertiary alicyclic amines) is 1. The summed E-state index contributed by atoms with van der Waals surface area (Å²) in [6, 6.07) is 6.28. The zero-order valence-corrected chi connectivity index (χ0v) is 15.6. The first-order chi connectivity index (χ1) is 11.7.